The van der Waals surface area contributed by atoms with Gasteiger partial charge >= 0.3 is 5.97 Å². The molecule has 3 rings (SSSR count). The molecule has 92 valence electrons. The van der Waals surface area contributed by atoms with E-state index in [0.717, 1.165) is 29.8 Å². The zero-order valence-corrected chi connectivity index (χ0v) is 10.5. The maximum absolute atomic E-state index is 10.9. The van der Waals surface area contributed by atoms with Crippen molar-refractivity contribution in [2.45, 2.75) is 19.4 Å². The van der Waals surface area contributed by atoms with Gasteiger partial charge in [-0.05, 0) is 36.1 Å². The van der Waals surface area contributed by atoms with E-state index >= 15 is 0 Å². The molecule has 0 spiro atoms. The van der Waals surface area contributed by atoms with Crippen molar-refractivity contribution in [2.24, 2.45) is 0 Å². The summed E-state index contributed by atoms with van der Waals surface area (Å²) < 4.78 is 2.03. The smallest absolute Gasteiger partial charge is 0.345 e. The number of carboxylic acid groups (broad SMARTS) is 1. The standard InChI is InChI=1S/C13H12N2O2S/c16-13(17)12-6-10-2-1-9(5-11(10)18-12)7-15-4-3-14-8-15/h3-6,8H,1-2,7H2,(H,16,17). The summed E-state index contributed by atoms with van der Waals surface area (Å²) in [6.45, 7) is 0.833. The molecule has 0 amide bonds. The van der Waals surface area contributed by atoms with Gasteiger partial charge in [-0.3, -0.25) is 0 Å². The van der Waals surface area contributed by atoms with E-state index in [2.05, 4.69) is 11.1 Å². The van der Waals surface area contributed by atoms with Crippen LogP contribution in [0.2, 0.25) is 0 Å². The van der Waals surface area contributed by atoms with E-state index in [1.165, 1.54) is 16.9 Å². The molecular formula is C13H12N2O2S. The van der Waals surface area contributed by atoms with Gasteiger partial charge in [0.15, 0.2) is 0 Å². The minimum atomic E-state index is -0.834. The summed E-state index contributed by atoms with van der Waals surface area (Å²) in [5.74, 6) is -0.834. The van der Waals surface area contributed by atoms with Gasteiger partial charge in [0.2, 0.25) is 0 Å². The average molecular weight is 260 g/mol. The van der Waals surface area contributed by atoms with Crippen LogP contribution in [0.3, 0.4) is 0 Å². The number of nitrogens with zero attached hydrogens (tertiary/aromatic N) is 2. The number of carboxylic acids is 1. The number of hydrogen-bond donors (Lipinski definition) is 1. The Balaban J connectivity index is 1.86. The Kier molecular flexibility index (Phi) is 2.76. The fraction of sp³-hybridized carbons (Fsp3) is 0.231. The van der Waals surface area contributed by atoms with Gasteiger partial charge in [-0.1, -0.05) is 0 Å². The molecule has 0 saturated heterocycles. The molecule has 0 saturated carbocycles. The predicted octanol–water partition coefficient (Wildman–Crippen LogP) is 2.67. The second-order valence-electron chi connectivity index (χ2n) is 4.34. The maximum Gasteiger partial charge on any atom is 0.345 e. The first-order valence-corrected chi connectivity index (χ1v) is 6.55. The van der Waals surface area contributed by atoms with Crippen molar-refractivity contribution < 1.29 is 9.90 Å². The monoisotopic (exact) mass is 260 g/mol. The highest BCUT2D eigenvalue weighted by molar-refractivity contribution is 7.15. The van der Waals surface area contributed by atoms with Crippen LogP contribution in [-0.4, -0.2) is 20.6 Å². The highest BCUT2D eigenvalue weighted by atomic mass is 32.1. The Morgan fingerprint density at radius 2 is 2.39 bits per heavy atom. The Labute approximate surface area is 108 Å². The van der Waals surface area contributed by atoms with Crippen molar-refractivity contribution >= 4 is 23.4 Å². The van der Waals surface area contributed by atoms with Crippen molar-refractivity contribution in [1.82, 2.24) is 9.55 Å². The summed E-state index contributed by atoms with van der Waals surface area (Å²) in [6.07, 6.45) is 9.54. The number of carbonyl (C=O) groups is 1. The molecular weight excluding hydrogens is 248 g/mol. The van der Waals surface area contributed by atoms with E-state index in [1.807, 2.05) is 10.8 Å². The first-order chi connectivity index (χ1) is 8.72. The zero-order valence-electron chi connectivity index (χ0n) is 9.67. The zero-order chi connectivity index (χ0) is 12.5. The van der Waals surface area contributed by atoms with Gasteiger partial charge in [-0.15, -0.1) is 11.3 Å². The molecule has 1 aliphatic carbocycles. The van der Waals surface area contributed by atoms with Gasteiger partial charge in [0.05, 0.1) is 6.33 Å². The van der Waals surface area contributed by atoms with Crippen LogP contribution in [0, 0.1) is 0 Å². The van der Waals surface area contributed by atoms with E-state index in [-0.39, 0.29) is 0 Å². The molecule has 0 unspecified atom stereocenters. The normalized spacial score (nSPS) is 14.1. The van der Waals surface area contributed by atoms with E-state index in [0.29, 0.717) is 4.88 Å². The lowest BCUT2D eigenvalue weighted by molar-refractivity contribution is 0.0702. The molecule has 0 aromatic carbocycles. The lowest BCUT2D eigenvalue weighted by Gasteiger charge is -2.13. The summed E-state index contributed by atoms with van der Waals surface area (Å²) in [5, 5.41) is 8.98. The highest BCUT2D eigenvalue weighted by Gasteiger charge is 2.17. The van der Waals surface area contributed by atoms with Crippen LogP contribution in [-0.2, 0) is 13.0 Å². The third kappa shape index (κ3) is 2.09. The van der Waals surface area contributed by atoms with Crippen LogP contribution in [0.5, 0.6) is 0 Å². The maximum atomic E-state index is 10.9. The molecule has 4 nitrogen and oxygen atoms in total. The van der Waals surface area contributed by atoms with Gasteiger partial charge < -0.3 is 9.67 Å². The SMILES string of the molecule is O=C(O)c1cc2c(s1)C=C(Cn1ccnc1)CC2. The lowest BCUT2D eigenvalue weighted by atomic mass is 9.98. The summed E-state index contributed by atoms with van der Waals surface area (Å²) in [5.41, 5.74) is 2.48. The van der Waals surface area contributed by atoms with Crippen molar-refractivity contribution in [2.75, 3.05) is 0 Å². The predicted molar refractivity (Wildman–Crippen MR) is 69.8 cm³/mol. The van der Waals surface area contributed by atoms with Crippen molar-refractivity contribution in [3.8, 4) is 0 Å². The topological polar surface area (TPSA) is 55.1 Å². The lowest BCUT2D eigenvalue weighted by Crippen LogP contribution is -2.03. The minimum Gasteiger partial charge on any atom is -0.477 e. The highest BCUT2D eigenvalue weighted by Crippen LogP contribution is 2.31. The summed E-state index contributed by atoms with van der Waals surface area (Å²) in [6, 6.07) is 1.80. The second kappa shape index (κ2) is 4.42. The molecule has 0 atom stereocenters. The van der Waals surface area contributed by atoms with Crippen molar-refractivity contribution in [1.29, 1.82) is 0 Å². The number of aromatic carboxylic acids is 1. The first-order valence-electron chi connectivity index (χ1n) is 5.73. The van der Waals surface area contributed by atoms with Gasteiger partial charge in [0.25, 0.3) is 0 Å². The Hall–Kier alpha value is -1.88. The molecule has 2 heterocycles. The molecule has 2 aromatic rings. The summed E-state index contributed by atoms with van der Waals surface area (Å²) >= 11 is 1.36. The van der Waals surface area contributed by atoms with E-state index in [4.69, 9.17) is 5.11 Å². The Morgan fingerprint density at radius 1 is 1.50 bits per heavy atom. The van der Waals surface area contributed by atoms with E-state index in [9.17, 15) is 4.79 Å². The number of aryl methyl sites for hydroxylation is 1. The molecule has 0 radical (unpaired) electrons. The summed E-state index contributed by atoms with van der Waals surface area (Å²) in [7, 11) is 0. The van der Waals surface area contributed by atoms with Crippen molar-refractivity contribution in [3.05, 3.63) is 45.7 Å². The number of allylic oxidation sites excluding steroid dienone is 1. The number of aromatic nitrogens is 2. The molecule has 2 aromatic heterocycles. The Bertz CT molecular complexity index is 611. The number of imidazole rings is 1. The molecule has 1 N–H and O–H groups in total. The van der Waals surface area contributed by atoms with Crippen LogP contribution < -0.4 is 0 Å². The van der Waals surface area contributed by atoms with Gasteiger partial charge in [-0.2, -0.15) is 0 Å². The van der Waals surface area contributed by atoms with Crippen LogP contribution in [0.4, 0.5) is 0 Å². The minimum absolute atomic E-state index is 0.431. The number of hydrogen-bond acceptors (Lipinski definition) is 3. The number of rotatable bonds is 3. The van der Waals surface area contributed by atoms with Crippen LogP contribution in [0.15, 0.2) is 30.4 Å². The van der Waals surface area contributed by atoms with Crippen LogP contribution in [0.1, 0.15) is 26.5 Å². The second-order valence-corrected chi connectivity index (χ2v) is 5.43. The molecule has 5 heteroatoms. The van der Waals surface area contributed by atoms with Crippen LogP contribution in [0.25, 0.3) is 6.08 Å². The Morgan fingerprint density at radius 3 is 3.11 bits per heavy atom. The molecule has 18 heavy (non-hydrogen) atoms. The fourth-order valence-electron chi connectivity index (χ4n) is 2.16. The molecule has 1 aliphatic rings. The average Bonchev–Trinajstić information content (AvgIpc) is 2.96. The summed E-state index contributed by atoms with van der Waals surface area (Å²) in [4.78, 5) is 16.5. The quantitative estimate of drug-likeness (QED) is 0.923. The molecule has 0 bridgehead atoms. The van der Waals surface area contributed by atoms with E-state index < -0.39 is 5.97 Å². The first kappa shape index (κ1) is 11.2. The fourth-order valence-corrected chi connectivity index (χ4v) is 3.20. The third-order valence-corrected chi connectivity index (χ3v) is 4.16. The number of fused-ring (bicyclic) bond motifs is 1. The molecule has 0 aliphatic heterocycles. The molecule has 0 fully saturated rings. The van der Waals surface area contributed by atoms with Crippen molar-refractivity contribution in [3.63, 3.8) is 0 Å². The van der Waals surface area contributed by atoms with E-state index in [1.54, 1.807) is 18.6 Å². The largest absolute Gasteiger partial charge is 0.477 e. The van der Waals surface area contributed by atoms with Gasteiger partial charge in [-0.25, -0.2) is 9.78 Å². The van der Waals surface area contributed by atoms with Gasteiger partial charge in [0.1, 0.15) is 4.88 Å². The number of thiophene rings is 1. The van der Waals surface area contributed by atoms with Crippen LogP contribution >= 0.6 is 11.3 Å². The van der Waals surface area contributed by atoms with Gasteiger partial charge in [0, 0.05) is 23.8 Å². The third-order valence-electron chi connectivity index (χ3n) is 3.05.